The van der Waals surface area contributed by atoms with Crippen molar-refractivity contribution >= 4 is 16.5 Å². The highest BCUT2D eigenvalue weighted by atomic mass is 32.1. The first-order valence-corrected chi connectivity index (χ1v) is 9.23. The van der Waals surface area contributed by atoms with Crippen molar-refractivity contribution in [2.75, 3.05) is 18.9 Å². The van der Waals surface area contributed by atoms with Crippen molar-refractivity contribution in [2.24, 2.45) is 0 Å². The lowest BCUT2D eigenvalue weighted by Crippen LogP contribution is -2.03. The Hall–Kier alpha value is -2.53. The Morgan fingerprint density at radius 3 is 2.56 bits per heavy atom. The van der Waals surface area contributed by atoms with E-state index in [9.17, 15) is 0 Å². The number of hydrogen-bond acceptors (Lipinski definition) is 5. The number of para-hydroxylation sites is 1. The Balaban J connectivity index is 1.41. The lowest BCUT2D eigenvalue weighted by atomic mass is 10.2. The van der Waals surface area contributed by atoms with Crippen LogP contribution < -0.4 is 15.2 Å². The summed E-state index contributed by atoms with van der Waals surface area (Å²) in [5.41, 5.74) is 8.77. The zero-order valence-corrected chi connectivity index (χ0v) is 15.1. The predicted octanol–water partition coefficient (Wildman–Crippen LogP) is 4.94. The third-order valence-electron chi connectivity index (χ3n) is 3.81. The highest BCUT2D eigenvalue weighted by molar-refractivity contribution is 7.13. The van der Waals surface area contributed by atoms with E-state index in [1.165, 1.54) is 16.9 Å². The largest absolute Gasteiger partial charge is 0.494 e. The maximum Gasteiger partial charge on any atom is 0.180 e. The molecule has 0 aliphatic carbocycles. The summed E-state index contributed by atoms with van der Waals surface area (Å²) in [6, 6.07) is 16.0. The van der Waals surface area contributed by atoms with E-state index in [1.54, 1.807) is 0 Å². The molecule has 0 saturated heterocycles. The second-order valence-corrected chi connectivity index (χ2v) is 6.66. The van der Waals surface area contributed by atoms with Crippen molar-refractivity contribution in [3.05, 3.63) is 59.5 Å². The molecule has 0 fully saturated rings. The first kappa shape index (κ1) is 17.3. The molecule has 130 valence electrons. The quantitative estimate of drug-likeness (QED) is 0.582. The number of anilines is 1. The normalized spacial score (nSPS) is 10.6. The van der Waals surface area contributed by atoms with E-state index in [2.05, 4.69) is 18.0 Å². The van der Waals surface area contributed by atoms with E-state index in [0.29, 0.717) is 18.3 Å². The van der Waals surface area contributed by atoms with Gasteiger partial charge in [-0.15, -0.1) is 11.3 Å². The van der Waals surface area contributed by atoms with Crippen LogP contribution in [0.5, 0.6) is 11.5 Å². The molecule has 0 aliphatic heterocycles. The van der Waals surface area contributed by atoms with Crippen LogP contribution >= 0.6 is 11.3 Å². The Labute approximate surface area is 152 Å². The first-order valence-electron chi connectivity index (χ1n) is 8.35. The summed E-state index contributed by atoms with van der Waals surface area (Å²) in [7, 11) is 0. The van der Waals surface area contributed by atoms with Crippen LogP contribution in [0.3, 0.4) is 0 Å². The van der Waals surface area contributed by atoms with Gasteiger partial charge < -0.3 is 15.2 Å². The number of hydrogen-bond donors (Lipinski definition) is 1. The van der Waals surface area contributed by atoms with Crippen LogP contribution in [0, 0.1) is 6.92 Å². The lowest BCUT2D eigenvalue weighted by Gasteiger charge is -2.10. The minimum absolute atomic E-state index is 0.579. The molecule has 0 spiro atoms. The number of thiazole rings is 1. The van der Waals surface area contributed by atoms with Gasteiger partial charge in [0.05, 0.1) is 18.9 Å². The molecule has 3 rings (SSSR count). The van der Waals surface area contributed by atoms with Crippen LogP contribution in [0.15, 0.2) is 53.9 Å². The van der Waals surface area contributed by atoms with Gasteiger partial charge in [-0.05, 0) is 43.5 Å². The van der Waals surface area contributed by atoms with Gasteiger partial charge in [-0.25, -0.2) is 4.98 Å². The number of benzene rings is 2. The van der Waals surface area contributed by atoms with Crippen molar-refractivity contribution < 1.29 is 9.47 Å². The van der Waals surface area contributed by atoms with E-state index >= 15 is 0 Å². The van der Waals surface area contributed by atoms with Crippen molar-refractivity contribution in [2.45, 2.75) is 19.8 Å². The van der Waals surface area contributed by atoms with E-state index in [-0.39, 0.29) is 0 Å². The zero-order valence-electron chi connectivity index (χ0n) is 14.3. The fourth-order valence-corrected chi connectivity index (χ4v) is 3.03. The van der Waals surface area contributed by atoms with Gasteiger partial charge >= 0.3 is 0 Å². The molecule has 0 amide bonds. The monoisotopic (exact) mass is 354 g/mol. The van der Waals surface area contributed by atoms with Crippen molar-refractivity contribution in [3.8, 4) is 22.8 Å². The van der Waals surface area contributed by atoms with Gasteiger partial charge in [0.15, 0.2) is 5.13 Å². The molecule has 0 atom stereocenters. The topological polar surface area (TPSA) is 57.4 Å². The number of nitrogen functional groups attached to an aromatic ring is 1. The average molecular weight is 354 g/mol. The molecule has 0 saturated carbocycles. The van der Waals surface area contributed by atoms with Crippen LogP contribution in [0.25, 0.3) is 11.3 Å². The van der Waals surface area contributed by atoms with Gasteiger partial charge in [-0.2, -0.15) is 0 Å². The summed E-state index contributed by atoms with van der Waals surface area (Å²) < 4.78 is 11.6. The van der Waals surface area contributed by atoms with Gasteiger partial charge in [0.2, 0.25) is 0 Å². The number of aryl methyl sites for hydroxylation is 1. The summed E-state index contributed by atoms with van der Waals surface area (Å²) in [5, 5.41) is 2.53. The number of ether oxygens (including phenoxy) is 2. The van der Waals surface area contributed by atoms with Crippen LogP contribution in [-0.4, -0.2) is 18.2 Å². The molecule has 1 aromatic heterocycles. The number of unbranched alkanes of at least 4 members (excludes halogenated alkanes) is 1. The van der Waals surface area contributed by atoms with E-state index in [0.717, 1.165) is 35.6 Å². The third-order valence-corrected chi connectivity index (χ3v) is 4.48. The summed E-state index contributed by atoms with van der Waals surface area (Å²) in [6.07, 6.45) is 1.90. The van der Waals surface area contributed by atoms with Crippen LogP contribution in [0.2, 0.25) is 0 Å². The Bertz CT molecular complexity index is 817. The molecule has 1 heterocycles. The van der Waals surface area contributed by atoms with Gasteiger partial charge in [-0.1, -0.05) is 30.3 Å². The maximum atomic E-state index is 5.84. The third kappa shape index (κ3) is 4.97. The first-order chi connectivity index (χ1) is 12.2. The summed E-state index contributed by atoms with van der Waals surface area (Å²) in [5.74, 6) is 1.81. The van der Waals surface area contributed by atoms with E-state index in [1.807, 2.05) is 47.8 Å². The van der Waals surface area contributed by atoms with Crippen molar-refractivity contribution in [1.29, 1.82) is 0 Å². The van der Waals surface area contributed by atoms with Crippen LogP contribution in [-0.2, 0) is 0 Å². The zero-order chi connectivity index (χ0) is 17.5. The number of rotatable bonds is 8. The predicted molar refractivity (Wildman–Crippen MR) is 103 cm³/mol. The van der Waals surface area contributed by atoms with E-state index in [4.69, 9.17) is 15.2 Å². The molecular formula is C20H22N2O2S. The van der Waals surface area contributed by atoms with Crippen LogP contribution in [0.1, 0.15) is 18.4 Å². The molecule has 4 nitrogen and oxygen atoms in total. The van der Waals surface area contributed by atoms with Crippen molar-refractivity contribution in [3.63, 3.8) is 0 Å². The summed E-state index contributed by atoms with van der Waals surface area (Å²) >= 11 is 1.44. The van der Waals surface area contributed by atoms with Crippen molar-refractivity contribution in [1.82, 2.24) is 4.98 Å². The number of aromatic nitrogens is 1. The van der Waals surface area contributed by atoms with Gasteiger partial charge in [0.25, 0.3) is 0 Å². The molecule has 2 aromatic carbocycles. The van der Waals surface area contributed by atoms with Gasteiger partial charge in [0, 0.05) is 10.9 Å². The lowest BCUT2D eigenvalue weighted by molar-refractivity contribution is 0.265. The summed E-state index contributed by atoms with van der Waals surface area (Å²) in [4.78, 5) is 4.30. The Morgan fingerprint density at radius 1 is 1.00 bits per heavy atom. The molecule has 3 aromatic rings. The second-order valence-electron chi connectivity index (χ2n) is 5.77. The fraction of sp³-hybridized carbons (Fsp3) is 0.250. The van der Waals surface area contributed by atoms with Gasteiger partial charge in [0.1, 0.15) is 11.5 Å². The maximum absolute atomic E-state index is 5.84. The fourth-order valence-electron chi connectivity index (χ4n) is 2.46. The molecule has 0 aliphatic rings. The number of nitrogens with two attached hydrogens (primary N) is 1. The number of nitrogens with zero attached hydrogens (tertiary/aromatic N) is 1. The Kier molecular flexibility index (Phi) is 5.90. The average Bonchev–Trinajstić information content (AvgIpc) is 3.06. The smallest absolute Gasteiger partial charge is 0.180 e. The molecular weight excluding hydrogens is 332 g/mol. The highest BCUT2D eigenvalue weighted by Crippen LogP contribution is 2.26. The highest BCUT2D eigenvalue weighted by Gasteiger charge is 2.04. The molecule has 0 radical (unpaired) electrons. The van der Waals surface area contributed by atoms with E-state index < -0.39 is 0 Å². The molecule has 2 N–H and O–H groups in total. The van der Waals surface area contributed by atoms with Crippen LogP contribution in [0.4, 0.5) is 5.13 Å². The molecule has 0 bridgehead atoms. The van der Waals surface area contributed by atoms with Gasteiger partial charge in [-0.3, -0.25) is 0 Å². The molecule has 25 heavy (non-hydrogen) atoms. The minimum Gasteiger partial charge on any atom is -0.494 e. The standard InChI is InChI=1S/C20H22N2O2S/c1-15-7-2-3-10-19(15)24-12-5-4-11-23-17-9-6-8-16(13-17)18-14-25-20(21)22-18/h2-3,6-10,13-14H,4-5,11-12H2,1H3,(H2,21,22). The Morgan fingerprint density at radius 2 is 1.80 bits per heavy atom. The molecule has 5 heteroatoms. The second kappa shape index (κ2) is 8.53. The SMILES string of the molecule is Cc1ccccc1OCCCCOc1cccc(-c2csc(N)n2)c1. The molecule has 0 unspecified atom stereocenters. The minimum atomic E-state index is 0.579. The summed E-state index contributed by atoms with van der Waals surface area (Å²) in [6.45, 7) is 3.42.